The molecule has 0 radical (unpaired) electrons. The van der Waals surface area contributed by atoms with E-state index in [9.17, 15) is 4.79 Å². The molecule has 1 aromatic rings. The first-order valence-corrected chi connectivity index (χ1v) is 6.64. The van der Waals surface area contributed by atoms with Gasteiger partial charge in [0, 0.05) is 12.8 Å². The van der Waals surface area contributed by atoms with Crippen molar-refractivity contribution in [3.05, 3.63) is 24.3 Å². The van der Waals surface area contributed by atoms with Crippen LogP contribution in [0.4, 0.5) is 0 Å². The minimum absolute atomic E-state index is 0.319. The van der Waals surface area contributed by atoms with E-state index in [0.717, 1.165) is 24.3 Å². The summed E-state index contributed by atoms with van der Waals surface area (Å²) in [4.78, 5) is 11.3. The molecular weight excluding hydrogens is 228 g/mol. The zero-order valence-corrected chi connectivity index (χ0v) is 11.3. The van der Waals surface area contributed by atoms with Gasteiger partial charge in [0.25, 0.3) is 0 Å². The summed E-state index contributed by atoms with van der Waals surface area (Å²) in [6.45, 7) is 5.14. The number of benzene rings is 1. The van der Waals surface area contributed by atoms with E-state index in [4.69, 9.17) is 9.47 Å². The van der Waals surface area contributed by atoms with Gasteiger partial charge in [0.05, 0.1) is 13.2 Å². The smallest absolute Gasteiger partial charge is 0.161 e. The lowest BCUT2D eigenvalue weighted by atomic mass is 10.1. The van der Waals surface area contributed by atoms with Crippen LogP contribution in [0.1, 0.15) is 39.5 Å². The molecule has 0 amide bonds. The maximum Gasteiger partial charge on any atom is 0.161 e. The highest BCUT2D eigenvalue weighted by atomic mass is 16.5. The van der Waals surface area contributed by atoms with Gasteiger partial charge < -0.3 is 9.47 Å². The van der Waals surface area contributed by atoms with E-state index < -0.39 is 0 Å². The molecular formula is C15H22O3. The van der Waals surface area contributed by atoms with Crippen molar-refractivity contribution in [1.82, 2.24) is 0 Å². The van der Waals surface area contributed by atoms with Crippen LogP contribution >= 0.6 is 0 Å². The normalized spacial score (nSPS) is 10.1. The fraction of sp³-hybridized carbons (Fsp3) is 0.533. The lowest BCUT2D eigenvalue weighted by Crippen LogP contribution is -2.04. The van der Waals surface area contributed by atoms with Gasteiger partial charge in [-0.25, -0.2) is 0 Å². The third-order valence-corrected chi connectivity index (χ3v) is 2.54. The summed E-state index contributed by atoms with van der Waals surface area (Å²) < 4.78 is 11.1. The van der Waals surface area contributed by atoms with E-state index in [0.29, 0.717) is 31.8 Å². The highest BCUT2D eigenvalue weighted by Gasteiger charge is 2.04. The highest BCUT2D eigenvalue weighted by molar-refractivity contribution is 5.78. The number of para-hydroxylation sites is 2. The summed E-state index contributed by atoms with van der Waals surface area (Å²) in [6, 6.07) is 7.61. The standard InChI is InChI=1S/C15H22O3/c1-3-8-13(16)9-7-12-18-15-11-6-5-10-14(15)17-4-2/h5-6,10-11H,3-4,7-9,12H2,1-2H3. The molecule has 0 N–H and O–H groups in total. The molecule has 3 nitrogen and oxygen atoms in total. The molecule has 0 unspecified atom stereocenters. The van der Waals surface area contributed by atoms with Gasteiger partial charge in [-0.1, -0.05) is 19.1 Å². The Morgan fingerprint density at radius 1 is 1.06 bits per heavy atom. The summed E-state index contributed by atoms with van der Waals surface area (Å²) >= 11 is 0. The number of ether oxygens (including phenoxy) is 2. The summed E-state index contributed by atoms with van der Waals surface area (Å²) in [7, 11) is 0. The second kappa shape index (κ2) is 8.56. The molecule has 0 aromatic heterocycles. The van der Waals surface area contributed by atoms with Crippen molar-refractivity contribution >= 4 is 5.78 Å². The van der Waals surface area contributed by atoms with Crippen molar-refractivity contribution in [2.75, 3.05) is 13.2 Å². The van der Waals surface area contributed by atoms with Gasteiger partial charge in [-0.3, -0.25) is 4.79 Å². The molecule has 0 aliphatic rings. The molecule has 0 aliphatic carbocycles. The van der Waals surface area contributed by atoms with Crippen LogP contribution in [-0.4, -0.2) is 19.0 Å². The molecule has 3 heteroatoms. The van der Waals surface area contributed by atoms with Crippen molar-refractivity contribution < 1.29 is 14.3 Å². The first-order chi connectivity index (χ1) is 8.77. The fourth-order valence-electron chi connectivity index (χ4n) is 1.70. The molecule has 0 heterocycles. The third kappa shape index (κ3) is 5.21. The molecule has 0 spiro atoms. The van der Waals surface area contributed by atoms with E-state index in [1.54, 1.807) is 0 Å². The van der Waals surface area contributed by atoms with Crippen molar-refractivity contribution in [2.45, 2.75) is 39.5 Å². The van der Waals surface area contributed by atoms with Crippen LogP contribution in [0.3, 0.4) is 0 Å². The summed E-state index contributed by atoms with van der Waals surface area (Å²) in [5.41, 5.74) is 0. The highest BCUT2D eigenvalue weighted by Crippen LogP contribution is 2.26. The average molecular weight is 250 g/mol. The number of carbonyl (C=O) groups excluding carboxylic acids is 1. The molecule has 100 valence electrons. The number of rotatable bonds is 9. The van der Waals surface area contributed by atoms with Crippen LogP contribution in [-0.2, 0) is 4.79 Å². The number of carbonyl (C=O) groups is 1. The van der Waals surface area contributed by atoms with Crippen LogP contribution in [0.5, 0.6) is 11.5 Å². The Balaban J connectivity index is 2.32. The maximum absolute atomic E-state index is 11.3. The maximum atomic E-state index is 11.3. The van der Waals surface area contributed by atoms with Crippen molar-refractivity contribution in [2.24, 2.45) is 0 Å². The van der Waals surface area contributed by atoms with Crippen LogP contribution in [0.25, 0.3) is 0 Å². The first-order valence-electron chi connectivity index (χ1n) is 6.64. The van der Waals surface area contributed by atoms with Gasteiger partial charge in [0.1, 0.15) is 5.78 Å². The predicted octanol–water partition coefficient (Wildman–Crippen LogP) is 3.61. The number of ketones is 1. The molecule has 1 rings (SSSR count). The van der Waals surface area contributed by atoms with E-state index in [1.807, 2.05) is 38.1 Å². The first kappa shape index (κ1) is 14.6. The van der Waals surface area contributed by atoms with Crippen LogP contribution < -0.4 is 9.47 Å². The predicted molar refractivity (Wildman–Crippen MR) is 72.3 cm³/mol. The number of hydrogen-bond donors (Lipinski definition) is 0. The minimum Gasteiger partial charge on any atom is -0.490 e. The van der Waals surface area contributed by atoms with Gasteiger partial charge in [0.15, 0.2) is 11.5 Å². The molecule has 0 bridgehead atoms. The summed E-state index contributed by atoms with van der Waals surface area (Å²) in [6.07, 6.45) is 2.96. The summed E-state index contributed by atoms with van der Waals surface area (Å²) in [5.74, 6) is 1.83. The third-order valence-electron chi connectivity index (χ3n) is 2.54. The molecule has 0 fully saturated rings. The lowest BCUT2D eigenvalue weighted by molar-refractivity contribution is -0.119. The van der Waals surface area contributed by atoms with Crippen LogP contribution in [0.2, 0.25) is 0 Å². The average Bonchev–Trinajstić information content (AvgIpc) is 2.37. The zero-order chi connectivity index (χ0) is 13.2. The monoisotopic (exact) mass is 250 g/mol. The van der Waals surface area contributed by atoms with Crippen LogP contribution in [0.15, 0.2) is 24.3 Å². The topological polar surface area (TPSA) is 35.5 Å². The van der Waals surface area contributed by atoms with Crippen molar-refractivity contribution in [1.29, 1.82) is 0 Å². The summed E-state index contributed by atoms with van der Waals surface area (Å²) in [5, 5.41) is 0. The molecule has 1 aromatic carbocycles. The Hall–Kier alpha value is -1.51. The van der Waals surface area contributed by atoms with E-state index in [2.05, 4.69) is 0 Å². The number of Topliss-reactive ketones (excluding diaryl/α,β-unsaturated/α-hetero) is 1. The quantitative estimate of drug-likeness (QED) is 0.628. The second-order valence-electron chi connectivity index (χ2n) is 4.12. The molecule has 0 aliphatic heterocycles. The Kier molecular flexibility index (Phi) is 6.92. The second-order valence-corrected chi connectivity index (χ2v) is 4.12. The van der Waals surface area contributed by atoms with Crippen LogP contribution in [0, 0.1) is 0 Å². The largest absolute Gasteiger partial charge is 0.490 e. The van der Waals surface area contributed by atoms with E-state index >= 15 is 0 Å². The Bertz CT molecular complexity index is 361. The fourth-order valence-corrected chi connectivity index (χ4v) is 1.70. The van der Waals surface area contributed by atoms with E-state index in [1.165, 1.54) is 0 Å². The molecule has 0 saturated heterocycles. The molecule has 0 atom stereocenters. The number of hydrogen-bond acceptors (Lipinski definition) is 3. The van der Waals surface area contributed by atoms with Crippen molar-refractivity contribution in [3.8, 4) is 11.5 Å². The Labute approximate surface area is 109 Å². The van der Waals surface area contributed by atoms with Gasteiger partial charge in [0.2, 0.25) is 0 Å². The Morgan fingerprint density at radius 3 is 2.33 bits per heavy atom. The van der Waals surface area contributed by atoms with Crippen molar-refractivity contribution in [3.63, 3.8) is 0 Å². The molecule has 0 saturated carbocycles. The van der Waals surface area contributed by atoms with Gasteiger partial charge in [-0.05, 0) is 31.9 Å². The SMILES string of the molecule is CCCC(=O)CCCOc1ccccc1OCC. The molecule has 18 heavy (non-hydrogen) atoms. The van der Waals surface area contributed by atoms with Gasteiger partial charge >= 0.3 is 0 Å². The van der Waals surface area contributed by atoms with Gasteiger partial charge in [-0.15, -0.1) is 0 Å². The van der Waals surface area contributed by atoms with E-state index in [-0.39, 0.29) is 0 Å². The lowest BCUT2D eigenvalue weighted by Gasteiger charge is -2.11. The zero-order valence-electron chi connectivity index (χ0n) is 11.3. The Morgan fingerprint density at radius 2 is 1.72 bits per heavy atom. The minimum atomic E-state index is 0.319. The van der Waals surface area contributed by atoms with Gasteiger partial charge in [-0.2, -0.15) is 0 Å².